The van der Waals surface area contributed by atoms with E-state index in [-0.39, 0.29) is 30.6 Å². The van der Waals surface area contributed by atoms with Crippen molar-refractivity contribution in [2.24, 2.45) is 0 Å². The van der Waals surface area contributed by atoms with E-state index in [1.54, 1.807) is 20.8 Å². The molecule has 22 heteroatoms. The van der Waals surface area contributed by atoms with Gasteiger partial charge in [-0.1, -0.05) is 23.9 Å². The third-order valence-electron chi connectivity index (χ3n) is 14.4. The molecule has 10 rings (SSSR count). The molecule has 6 aliphatic rings. The lowest BCUT2D eigenvalue weighted by molar-refractivity contribution is -0.148. The zero-order chi connectivity index (χ0) is 54.4. The molecule has 2 spiro atoms. The van der Waals surface area contributed by atoms with E-state index in [2.05, 4.69) is 25.1 Å². The number of hydrogen-bond acceptors (Lipinski definition) is 18. The highest BCUT2D eigenvalue weighted by molar-refractivity contribution is 7.98. The molecule has 8 heterocycles. The number of amides is 2. The van der Waals surface area contributed by atoms with Crippen molar-refractivity contribution in [1.29, 1.82) is 0 Å². The van der Waals surface area contributed by atoms with Crippen LogP contribution in [0.3, 0.4) is 0 Å². The molecule has 2 saturated heterocycles. The maximum atomic E-state index is 12.6. The van der Waals surface area contributed by atoms with Gasteiger partial charge in [0.25, 0.3) is 0 Å². The highest BCUT2D eigenvalue weighted by atomic mass is 32.2. The van der Waals surface area contributed by atoms with Crippen LogP contribution in [0.25, 0.3) is 0 Å². The second-order valence-corrected chi connectivity index (χ2v) is 24.9. The van der Waals surface area contributed by atoms with Crippen LogP contribution in [-0.4, -0.2) is 135 Å². The summed E-state index contributed by atoms with van der Waals surface area (Å²) in [7, 11) is -3.67. The Bertz CT molecular complexity index is 2940. The van der Waals surface area contributed by atoms with Gasteiger partial charge in [-0.3, -0.25) is 10.2 Å². The van der Waals surface area contributed by atoms with Crippen LogP contribution in [0.2, 0.25) is 0 Å². The summed E-state index contributed by atoms with van der Waals surface area (Å²) in [5.41, 5.74) is 5.45. The second-order valence-electron chi connectivity index (χ2n) is 22.2. The van der Waals surface area contributed by atoms with Crippen LogP contribution in [0.5, 0.6) is 0 Å². The number of carbonyl (C=O) groups is 2. The lowest BCUT2D eigenvalue weighted by Gasteiger charge is -2.45. The minimum atomic E-state index is -3.67. The number of ether oxygens (including phenoxy) is 7. The van der Waals surface area contributed by atoms with E-state index in [4.69, 9.17) is 43.1 Å². The van der Waals surface area contributed by atoms with Crippen molar-refractivity contribution in [3.63, 3.8) is 0 Å². The number of rotatable bonds is 6. The largest absolute Gasteiger partial charge is 0.465 e. The molecular weight excluding hydrogens is 1020 g/mol. The SMILES string of the molecule is CSc1nc2c(c(N3CCCOCC3)n1)CO[C@]1(CO[C@@H](C)c3ccc(N(C(=O)O)C(C)(C)C)cc31)C2.C[C@@H]1OC[C@@]2(Cc3nc(S(C)(=O)=O)nc(N4CCCOCC4)c3CO2)c2cc(NC(=O)OC(C)(C)C)ccc21. The Morgan fingerprint density at radius 3 is 1.83 bits per heavy atom. The van der Waals surface area contributed by atoms with E-state index in [1.165, 1.54) is 16.7 Å². The first-order valence-corrected chi connectivity index (χ1v) is 29.1. The van der Waals surface area contributed by atoms with Crippen molar-refractivity contribution in [2.75, 3.05) is 98.3 Å². The smallest absolute Gasteiger partial charge is 0.412 e. The summed E-state index contributed by atoms with van der Waals surface area (Å²) < 4.78 is 67.5. The summed E-state index contributed by atoms with van der Waals surface area (Å²) in [6, 6.07) is 11.4. The van der Waals surface area contributed by atoms with Crippen LogP contribution >= 0.6 is 11.8 Å². The molecule has 412 valence electrons. The van der Waals surface area contributed by atoms with E-state index in [1.807, 2.05) is 77.3 Å². The number of nitrogens with zero attached hydrogens (tertiary/aromatic N) is 7. The van der Waals surface area contributed by atoms with Crippen LogP contribution in [0, 0.1) is 0 Å². The Kier molecular flexibility index (Phi) is 16.0. The first-order valence-electron chi connectivity index (χ1n) is 26.0. The quantitative estimate of drug-likeness (QED) is 0.137. The number of hydrogen-bond donors (Lipinski definition) is 2. The van der Waals surface area contributed by atoms with Gasteiger partial charge < -0.3 is 48.1 Å². The third-order valence-corrected chi connectivity index (χ3v) is 15.8. The second kappa shape index (κ2) is 21.9. The molecule has 2 N–H and O–H groups in total. The van der Waals surface area contributed by atoms with Crippen LogP contribution < -0.4 is 20.0 Å². The van der Waals surface area contributed by atoms with Crippen molar-refractivity contribution in [2.45, 2.75) is 139 Å². The predicted molar refractivity (Wildman–Crippen MR) is 286 cm³/mol. The summed E-state index contributed by atoms with van der Waals surface area (Å²) in [6.07, 6.45) is 3.85. The number of anilines is 4. The number of benzene rings is 2. The van der Waals surface area contributed by atoms with Gasteiger partial charge in [-0.15, -0.1) is 0 Å². The molecule has 6 aliphatic heterocycles. The minimum Gasteiger partial charge on any atom is -0.465 e. The maximum Gasteiger partial charge on any atom is 0.412 e. The molecule has 0 unspecified atom stereocenters. The Morgan fingerprint density at radius 2 is 1.30 bits per heavy atom. The monoisotopic (exact) mass is 1090 g/mol. The number of carboxylic acid groups (broad SMARTS) is 1. The van der Waals surface area contributed by atoms with Gasteiger partial charge in [0.1, 0.15) is 28.4 Å². The molecule has 20 nitrogen and oxygen atoms in total. The maximum absolute atomic E-state index is 12.6. The molecule has 4 atom stereocenters. The number of thioether (sulfide) groups is 1. The Hall–Kier alpha value is -5.20. The standard InChI is InChI=1S/C27H36N4O7S.C27H36N4O5S/c1-17-19-8-7-18(28-25(32)38-26(2,3)4)13-21(19)27(16-36-17)14-22-20(15-37-27)23(30-24(29-22)39(5,33)34)31-9-6-11-35-12-10-31;1-17-19-8-7-18(31(25(32)33)26(2,3)4)13-21(19)27(16-35-17)14-22-20(15-36-27)23(29-24(28-22)37-5)30-9-6-11-34-12-10-30/h7-8,13,17H,6,9-12,14-16H2,1-5H3,(H,28,32);7-8,13,17H,6,9-12,14-16H2,1-5H3,(H,32,33)/t2*17-,27-/m00/s1. The molecule has 0 aliphatic carbocycles. The molecule has 2 amide bonds. The Balaban J connectivity index is 0.000000186. The fourth-order valence-corrected chi connectivity index (χ4v) is 11.7. The molecule has 0 radical (unpaired) electrons. The molecule has 76 heavy (non-hydrogen) atoms. The molecule has 2 fully saturated rings. The third kappa shape index (κ3) is 11.8. The normalized spacial score (nSPS) is 23.7. The summed E-state index contributed by atoms with van der Waals surface area (Å²) in [5.74, 6) is 1.50. The average molecular weight is 1090 g/mol. The minimum absolute atomic E-state index is 0.118. The van der Waals surface area contributed by atoms with Gasteiger partial charge in [0.2, 0.25) is 15.0 Å². The van der Waals surface area contributed by atoms with E-state index < -0.39 is 44.4 Å². The zero-order valence-corrected chi connectivity index (χ0v) is 47.0. The Labute approximate surface area is 449 Å². The number of aromatic nitrogens is 4. The van der Waals surface area contributed by atoms with Crippen molar-refractivity contribution in [1.82, 2.24) is 19.9 Å². The van der Waals surface area contributed by atoms with Gasteiger partial charge in [0.05, 0.1) is 63.2 Å². The zero-order valence-electron chi connectivity index (χ0n) is 45.3. The van der Waals surface area contributed by atoms with Crippen LogP contribution in [0.15, 0.2) is 46.7 Å². The van der Waals surface area contributed by atoms with Crippen molar-refractivity contribution in [3.05, 3.63) is 81.2 Å². The van der Waals surface area contributed by atoms with Gasteiger partial charge in [-0.25, -0.2) is 37.9 Å². The summed E-state index contributed by atoms with van der Waals surface area (Å²) >= 11 is 1.53. The molecule has 0 bridgehead atoms. The topological polar surface area (TPSA) is 226 Å². The molecule has 0 saturated carbocycles. The van der Waals surface area contributed by atoms with Crippen LogP contribution in [-0.2, 0) is 80.3 Å². The van der Waals surface area contributed by atoms with Crippen molar-refractivity contribution >= 4 is 56.8 Å². The van der Waals surface area contributed by atoms with Gasteiger partial charge in [0, 0.05) is 86.5 Å². The Morgan fingerprint density at radius 1 is 0.763 bits per heavy atom. The van der Waals surface area contributed by atoms with Crippen molar-refractivity contribution < 1.29 is 56.3 Å². The lowest BCUT2D eigenvalue weighted by Crippen LogP contribution is -2.47. The van der Waals surface area contributed by atoms with Crippen LogP contribution in [0.4, 0.5) is 32.6 Å². The predicted octanol–water partition coefficient (Wildman–Crippen LogP) is 8.28. The summed E-state index contributed by atoms with van der Waals surface area (Å²) in [4.78, 5) is 49.3. The molecule has 4 aromatic rings. The molecular formula is C54H72N8O12S2. The van der Waals surface area contributed by atoms with Gasteiger partial charge in [0.15, 0.2) is 5.16 Å². The van der Waals surface area contributed by atoms with E-state index >= 15 is 0 Å². The summed E-state index contributed by atoms with van der Waals surface area (Å²) in [5, 5.41) is 13.4. The van der Waals surface area contributed by atoms with E-state index in [0.29, 0.717) is 81.9 Å². The lowest BCUT2D eigenvalue weighted by atomic mass is 9.80. The van der Waals surface area contributed by atoms with Gasteiger partial charge in [-0.2, -0.15) is 0 Å². The van der Waals surface area contributed by atoms with Crippen molar-refractivity contribution in [3.8, 4) is 0 Å². The van der Waals surface area contributed by atoms with E-state index in [0.717, 1.165) is 88.8 Å². The van der Waals surface area contributed by atoms with Gasteiger partial charge in [-0.05, 0) is 121 Å². The fraction of sp³-hybridized carbons (Fsp3) is 0.593. The highest BCUT2D eigenvalue weighted by Crippen LogP contribution is 2.49. The first-order chi connectivity index (χ1) is 36.0. The summed E-state index contributed by atoms with van der Waals surface area (Å²) in [6.45, 7) is 21.8. The molecule has 2 aromatic heterocycles. The number of sulfone groups is 1. The molecule has 2 aromatic carbocycles. The number of fused-ring (bicyclic) bond motifs is 6. The van der Waals surface area contributed by atoms with Gasteiger partial charge >= 0.3 is 12.2 Å². The first kappa shape index (κ1) is 55.6. The van der Waals surface area contributed by atoms with E-state index in [9.17, 15) is 23.1 Å². The fourth-order valence-electron chi connectivity index (χ4n) is 10.7. The number of carbonyl (C=O) groups excluding carboxylic acids is 1. The van der Waals surface area contributed by atoms with Crippen LogP contribution in [0.1, 0.15) is 125 Å². The average Bonchev–Trinajstić information content (AvgIpc) is 3.87. The highest BCUT2D eigenvalue weighted by Gasteiger charge is 2.48. The number of nitrogens with one attached hydrogen (secondary N) is 1.